The van der Waals surface area contributed by atoms with Gasteiger partial charge in [0, 0.05) is 17.1 Å². The molecule has 0 atom stereocenters. The molecule has 9 nitrogen and oxygen atoms in total. The van der Waals surface area contributed by atoms with Crippen molar-refractivity contribution in [2.75, 3.05) is 13.7 Å². The molecular formula is C23H23ClN4O5. The molecule has 10 heteroatoms. The lowest BCUT2D eigenvalue weighted by molar-refractivity contribution is -0.386. The van der Waals surface area contributed by atoms with Gasteiger partial charge in [-0.15, -0.1) is 0 Å². The van der Waals surface area contributed by atoms with Crippen LogP contribution in [0.25, 0.3) is 0 Å². The second-order valence-electron chi connectivity index (χ2n) is 7.49. The molecule has 172 valence electrons. The Morgan fingerprint density at radius 1 is 1.09 bits per heavy atom. The molecule has 0 fully saturated rings. The zero-order valence-corrected chi connectivity index (χ0v) is 19.2. The number of carbonyl (C=O) groups excluding carboxylic acids is 2. The molecule has 0 saturated heterocycles. The van der Waals surface area contributed by atoms with Gasteiger partial charge < -0.3 is 9.64 Å². The third-order valence-corrected chi connectivity index (χ3v) is 5.43. The van der Waals surface area contributed by atoms with Crippen LogP contribution in [0.5, 0.6) is 0 Å². The van der Waals surface area contributed by atoms with E-state index in [2.05, 4.69) is 5.10 Å². The second kappa shape index (κ2) is 10.3. The van der Waals surface area contributed by atoms with Crippen molar-refractivity contribution in [3.05, 3.63) is 91.7 Å². The van der Waals surface area contributed by atoms with Crippen LogP contribution in [0, 0.1) is 24.0 Å². The molecule has 2 aromatic carbocycles. The first-order valence-electron chi connectivity index (χ1n) is 10.1. The van der Waals surface area contributed by atoms with Crippen LogP contribution in [-0.2, 0) is 22.6 Å². The summed E-state index contributed by atoms with van der Waals surface area (Å²) in [4.78, 5) is 37.2. The number of rotatable bonds is 8. The maximum atomic E-state index is 13.1. The van der Waals surface area contributed by atoms with Gasteiger partial charge in [0.2, 0.25) is 0 Å². The fourth-order valence-electron chi connectivity index (χ4n) is 3.44. The lowest BCUT2D eigenvalue weighted by Crippen LogP contribution is -2.35. The van der Waals surface area contributed by atoms with E-state index in [1.807, 2.05) is 0 Å². The number of nitro groups is 1. The van der Waals surface area contributed by atoms with E-state index in [1.165, 1.54) is 12.0 Å². The first kappa shape index (κ1) is 23.9. The van der Waals surface area contributed by atoms with E-state index in [1.54, 1.807) is 67.1 Å². The monoisotopic (exact) mass is 470 g/mol. The van der Waals surface area contributed by atoms with Crippen LogP contribution >= 0.6 is 11.6 Å². The number of aromatic nitrogens is 2. The highest BCUT2D eigenvalue weighted by molar-refractivity contribution is 6.30. The van der Waals surface area contributed by atoms with Crippen LogP contribution in [0.4, 0.5) is 5.69 Å². The van der Waals surface area contributed by atoms with E-state index in [9.17, 15) is 19.7 Å². The molecule has 0 saturated carbocycles. The molecule has 0 aliphatic heterocycles. The Morgan fingerprint density at radius 3 is 2.24 bits per heavy atom. The number of hydrogen-bond acceptors (Lipinski definition) is 6. The first-order valence-corrected chi connectivity index (χ1v) is 10.4. The highest BCUT2D eigenvalue weighted by Gasteiger charge is 2.22. The smallest absolute Gasteiger partial charge is 0.325 e. The molecule has 0 spiro atoms. The Hall–Kier alpha value is -3.72. The van der Waals surface area contributed by atoms with Crippen molar-refractivity contribution in [1.82, 2.24) is 14.7 Å². The van der Waals surface area contributed by atoms with Crippen LogP contribution in [-0.4, -0.2) is 45.1 Å². The van der Waals surface area contributed by atoms with Crippen LogP contribution < -0.4 is 0 Å². The van der Waals surface area contributed by atoms with Gasteiger partial charge in [0.1, 0.15) is 17.9 Å². The van der Waals surface area contributed by atoms with Gasteiger partial charge in [0.15, 0.2) is 0 Å². The summed E-state index contributed by atoms with van der Waals surface area (Å²) in [6.45, 7) is 3.58. The fourth-order valence-corrected chi connectivity index (χ4v) is 3.57. The maximum Gasteiger partial charge on any atom is 0.325 e. The Morgan fingerprint density at radius 2 is 1.70 bits per heavy atom. The summed E-state index contributed by atoms with van der Waals surface area (Å²) in [5.41, 5.74) is 2.86. The number of nitrogens with zero attached hydrogens (tertiary/aromatic N) is 4. The summed E-state index contributed by atoms with van der Waals surface area (Å²) in [5, 5.41) is 16.0. The average molecular weight is 471 g/mol. The second-order valence-corrected chi connectivity index (χ2v) is 7.93. The molecule has 1 heterocycles. The quantitative estimate of drug-likeness (QED) is 0.280. The van der Waals surface area contributed by atoms with Gasteiger partial charge in [0.25, 0.3) is 5.91 Å². The van der Waals surface area contributed by atoms with Gasteiger partial charge in [-0.2, -0.15) is 5.10 Å². The van der Waals surface area contributed by atoms with Gasteiger partial charge in [-0.1, -0.05) is 35.9 Å². The summed E-state index contributed by atoms with van der Waals surface area (Å²) in [5.74, 6) is -0.858. The van der Waals surface area contributed by atoms with Crippen molar-refractivity contribution >= 4 is 29.2 Å². The molecule has 0 aliphatic carbocycles. The number of benzene rings is 2. The largest absolute Gasteiger partial charge is 0.468 e. The van der Waals surface area contributed by atoms with Crippen molar-refractivity contribution in [3.63, 3.8) is 0 Å². The number of ether oxygens (including phenoxy) is 1. The van der Waals surface area contributed by atoms with E-state index < -0.39 is 10.9 Å². The van der Waals surface area contributed by atoms with Gasteiger partial charge in [-0.3, -0.25) is 24.4 Å². The van der Waals surface area contributed by atoms with Crippen molar-refractivity contribution in [3.8, 4) is 0 Å². The minimum Gasteiger partial charge on any atom is -0.468 e. The van der Waals surface area contributed by atoms with E-state index in [0.29, 0.717) is 28.5 Å². The standard InChI is InChI=1S/C23H23ClN4O5/c1-15-22(28(31)32)16(2)27(25-15)13-18-4-8-19(9-5-18)23(30)26(14-21(29)33-3)12-17-6-10-20(24)11-7-17/h4-11H,12-14H2,1-3H3. The Kier molecular flexibility index (Phi) is 7.44. The molecule has 0 aliphatic rings. The van der Waals surface area contributed by atoms with E-state index >= 15 is 0 Å². The molecular weight excluding hydrogens is 448 g/mol. The number of halogens is 1. The van der Waals surface area contributed by atoms with Crippen LogP contribution in [0.1, 0.15) is 32.9 Å². The summed E-state index contributed by atoms with van der Waals surface area (Å²) in [6.07, 6.45) is 0. The topological polar surface area (TPSA) is 108 Å². The van der Waals surface area contributed by atoms with Crippen LogP contribution in [0.2, 0.25) is 5.02 Å². The van der Waals surface area contributed by atoms with Gasteiger partial charge in [0.05, 0.1) is 18.6 Å². The molecule has 3 rings (SSSR count). The fraction of sp³-hybridized carbons (Fsp3) is 0.261. The summed E-state index contributed by atoms with van der Waals surface area (Å²) in [7, 11) is 1.27. The molecule has 1 aromatic heterocycles. The number of hydrogen-bond donors (Lipinski definition) is 0. The van der Waals surface area contributed by atoms with Crippen LogP contribution in [0.15, 0.2) is 48.5 Å². The summed E-state index contributed by atoms with van der Waals surface area (Å²) in [6, 6.07) is 13.8. The normalized spacial score (nSPS) is 10.7. The maximum absolute atomic E-state index is 13.1. The van der Waals surface area contributed by atoms with Gasteiger partial charge in [-0.25, -0.2) is 0 Å². The van der Waals surface area contributed by atoms with Crippen molar-refractivity contribution in [1.29, 1.82) is 0 Å². The van der Waals surface area contributed by atoms with Crippen LogP contribution in [0.3, 0.4) is 0 Å². The molecule has 33 heavy (non-hydrogen) atoms. The Bertz CT molecular complexity index is 1170. The van der Waals surface area contributed by atoms with E-state index in [0.717, 1.165) is 11.1 Å². The lowest BCUT2D eigenvalue weighted by Gasteiger charge is -2.22. The highest BCUT2D eigenvalue weighted by Crippen LogP contribution is 2.23. The zero-order valence-electron chi connectivity index (χ0n) is 18.4. The van der Waals surface area contributed by atoms with E-state index in [4.69, 9.17) is 16.3 Å². The predicted octanol–water partition coefficient (Wildman–Crippen LogP) is 3.93. The summed E-state index contributed by atoms with van der Waals surface area (Å²) >= 11 is 5.93. The van der Waals surface area contributed by atoms with Gasteiger partial charge in [-0.05, 0) is 49.2 Å². The predicted molar refractivity (Wildman–Crippen MR) is 122 cm³/mol. The molecule has 0 radical (unpaired) electrons. The van der Waals surface area contributed by atoms with Crippen molar-refractivity contribution < 1.29 is 19.2 Å². The third-order valence-electron chi connectivity index (χ3n) is 5.18. The van der Waals surface area contributed by atoms with Crippen molar-refractivity contribution in [2.45, 2.75) is 26.9 Å². The molecule has 0 unspecified atom stereocenters. The minimum atomic E-state index is -0.528. The number of carbonyl (C=O) groups is 2. The Labute approximate surface area is 195 Å². The highest BCUT2D eigenvalue weighted by atomic mass is 35.5. The van der Waals surface area contributed by atoms with Gasteiger partial charge >= 0.3 is 11.7 Å². The summed E-state index contributed by atoms with van der Waals surface area (Å²) < 4.78 is 6.30. The third kappa shape index (κ3) is 5.75. The molecule has 0 N–H and O–H groups in total. The minimum absolute atomic E-state index is 0.00227. The molecule has 0 bridgehead atoms. The number of esters is 1. The Balaban J connectivity index is 1.78. The van der Waals surface area contributed by atoms with Crippen molar-refractivity contribution in [2.24, 2.45) is 0 Å². The lowest BCUT2D eigenvalue weighted by atomic mass is 10.1. The zero-order chi connectivity index (χ0) is 24.1. The molecule has 1 amide bonds. The SMILES string of the molecule is COC(=O)CN(Cc1ccc(Cl)cc1)C(=O)c1ccc(Cn2nc(C)c([N+](=O)[O-])c2C)cc1. The first-order chi connectivity index (χ1) is 15.7. The average Bonchev–Trinajstić information content (AvgIpc) is 3.07. The van der Waals surface area contributed by atoms with E-state index in [-0.39, 0.29) is 24.7 Å². The number of aryl methyl sites for hydroxylation is 1. The number of methoxy groups -OCH3 is 1. The molecule has 3 aromatic rings. The number of amides is 1.